The minimum atomic E-state index is -0.626. The molecule has 0 heterocycles. The number of hydrogen-bond donors (Lipinski definition) is 2. The van der Waals surface area contributed by atoms with E-state index in [0.717, 1.165) is 12.8 Å². The average molecular weight is 260 g/mol. The Labute approximate surface area is 90.1 Å². The monoisotopic (exact) mass is 259 g/mol. The van der Waals surface area contributed by atoms with Crippen LogP contribution in [0.25, 0.3) is 0 Å². The van der Waals surface area contributed by atoms with Crippen LogP contribution in [0.3, 0.4) is 0 Å². The van der Waals surface area contributed by atoms with Gasteiger partial charge >= 0.3 is 0 Å². The van der Waals surface area contributed by atoms with Crippen LogP contribution in [0, 0.1) is 11.7 Å². The summed E-state index contributed by atoms with van der Waals surface area (Å²) in [7, 11) is 0. The van der Waals surface area contributed by atoms with Gasteiger partial charge in [-0.15, -0.1) is 0 Å². The van der Waals surface area contributed by atoms with Crippen LogP contribution in [0.1, 0.15) is 24.4 Å². The Bertz CT molecular complexity index is 365. The minimum Gasteiger partial charge on any atom is -0.505 e. The lowest BCUT2D eigenvalue weighted by Crippen LogP contribution is -2.12. The Balaban J connectivity index is 2.38. The van der Waals surface area contributed by atoms with E-state index in [-0.39, 0.29) is 16.3 Å². The number of aromatic hydroxyl groups is 1. The smallest absolute Gasteiger partial charge is 0.179 e. The number of rotatable bonds is 2. The highest BCUT2D eigenvalue weighted by Gasteiger charge is 2.31. The molecule has 0 bridgehead atoms. The highest BCUT2D eigenvalue weighted by molar-refractivity contribution is 9.10. The van der Waals surface area contributed by atoms with Crippen molar-refractivity contribution in [1.82, 2.24) is 0 Å². The highest BCUT2D eigenvalue weighted by Crippen LogP contribution is 2.43. The number of phenolic OH excluding ortho intramolecular Hbond substituents is 1. The molecule has 2 rings (SSSR count). The van der Waals surface area contributed by atoms with E-state index in [4.69, 9.17) is 5.73 Å². The Hall–Kier alpha value is -0.610. The standard InChI is InChI=1S/C10H11BrFNO/c11-7-4-3-6(10(14)8(7)12)9(13)5-1-2-5/h3-5,9,14H,1-2,13H2/t9-/m1/s1. The maximum Gasteiger partial charge on any atom is 0.179 e. The zero-order valence-electron chi connectivity index (χ0n) is 7.50. The number of benzene rings is 1. The van der Waals surface area contributed by atoms with Gasteiger partial charge in [0.15, 0.2) is 11.6 Å². The first-order valence-corrected chi connectivity index (χ1v) is 5.33. The molecule has 0 aromatic heterocycles. The Kier molecular flexibility index (Phi) is 2.49. The van der Waals surface area contributed by atoms with E-state index in [9.17, 15) is 9.50 Å². The maximum absolute atomic E-state index is 13.3. The molecule has 1 fully saturated rings. The molecule has 2 nitrogen and oxygen atoms in total. The van der Waals surface area contributed by atoms with E-state index in [0.29, 0.717) is 11.5 Å². The van der Waals surface area contributed by atoms with Gasteiger partial charge in [-0.05, 0) is 40.8 Å². The van der Waals surface area contributed by atoms with Crippen LogP contribution < -0.4 is 5.73 Å². The fourth-order valence-corrected chi connectivity index (χ4v) is 1.85. The molecule has 1 aliphatic carbocycles. The molecule has 4 heteroatoms. The summed E-state index contributed by atoms with van der Waals surface area (Å²) >= 11 is 3.01. The zero-order chi connectivity index (χ0) is 10.3. The molecular formula is C10H11BrFNO. The molecule has 14 heavy (non-hydrogen) atoms. The predicted molar refractivity (Wildman–Crippen MR) is 55.4 cm³/mol. The average Bonchev–Trinajstić information content (AvgIpc) is 2.97. The molecule has 1 aromatic carbocycles. The van der Waals surface area contributed by atoms with Crippen LogP contribution >= 0.6 is 15.9 Å². The van der Waals surface area contributed by atoms with Gasteiger partial charge in [-0.3, -0.25) is 0 Å². The van der Waals surface area contributed by atoms with Gasteiger partial charge in [0.25, 0.3) is 0 Å². The van der Waals surface area contributed by atoms with Gasteiger partial charge in [0.05, 0.1) is 4.47 Å². The lowest BCUT2D eigenvalue weighted by atomic mass is 10.0. The molecule has 0 aliphatic heterocycles. The largest absolute Gasteiger partial charge is 0.505 e. The lowest BCUT2D eigenvalue weighted by Gasteiger charge is -2.13. The maximum atomic E-state index is 13.3. The summed E-state index contributed by atoms with van der Waals surface area (Å²) in [5.74, 6) is -0.543. The molecule has 0 saturated heterocycles. The van der Waals surface area contributed by atoms with E-state index in [1.807, 2.05) is 0 Å². The Morgan fingerprint density at radius 1 is 1.50 bits per heavy atom. The summed E-state index contributed by atoms with van der Waals surface area (Å²) in [6.07, 6.45) is 2.14. The topological polar surface area (TPSA) is 46.2 Å². The normalized spacial score (nSPS) is 18.2. The third-order valence-electron chi connectivity index (χ3n) is 2.59. The third-order valence-corrected chi connectivity index (χ3v) is 3.20. The van der Waals surface area contributed by atoms with Crippen LogP contribution in [0.5, 0.6) is 5.75 Å². The molecule has 0 radical (unpaired) electrons. The van der Waals surface area contributed by atoms with Crippen molar-refractivity contribution < 1.29 is 9.50 Å². The van der Waals surface area contributed by atoms with Gasteiger partial charge in [0.1, 0.15) is 0 Å². The summed E-state index contributed by atoms with van der Waals surface area (Å²) in [4.78, 5) is 0. The first-order chi connectivity index (χ1) is 6.61. The molecular weight excluding hydrogens is 249 g/mol. The number of phenols is 1. The van der Waals surface area contributed by atoms with Crippen molar-refractivity contribution in [3.8, 4) is 5.75 Å². The first-order valence-electron chi connectivity index (χ1n) is 4.53. The summed E-state index contributed by atoms with van der Waals surface area (Å²) in [5, 5.41) is 9.54. The summed E-state index contributed by atoms with van der Waals surface area (Å²) in [6, 6.07) is 3.01. The Morgan fingerprint density at radius 2 is 2.14 bits per heavy atom. The van der Waals surface area contributed by atoms with Crippen molar-refractivity contribution >= 4 is 15.9 Å². The molecule has 0 unspecified atom stereocenters. The van der Waals surface area contributed by atoms with Gasteiger partial charge in [-0.2, -0.15) is 0 Å². The lowest BCUT2D eigenvalue weighted by molar-refractivity contribution is 0.415. The number of halogens is 2. The van der Waals surface area contributed by atoms with Crippen molar-refractivity contribution in [3.63, 3.8) is 0 Å². The fraction of sp³-hybridized carbons (Fsp3) is 0.400. The summed E-state index contributed by atoms with van der Waals surface area (Å²) in [6.45, 7) is 0. The molecule has 0 amide bonds. The van der Waals surface area contributed by atoms with Crippen molar-refractivity contribution in [1.29, 1.82) is 0 Å². The number of hydrogen-bond acceptors (Lipinski definition) is 2. The second-order valence-corrected chi connectivity index (χ2v) is 4.52. The second-order valence-electron chi connectivity index (χ2n) is 3.66. The molecule has 1 atom stereocenters. The Morgan fingerprint density at radius 3 is 2.71 bits per heavy atom. The van der Waals surface area contributed by atoms with Crippen molar-refractivity contribution in [2.24, 2.45) is 11.7 Å². The fourth-order valence-electron chi connectivity index (χ4n) is 1.53. The van der Waals surface area contributed by atoms with E-state index >= 15 is 0 Å². The summed E-state index contributed by atoms with van der Waals surface area (Å²) in [5.41, 5.74) is 6.39. The SMILES string of the molecule is N[C@@H](c1ccc(Br)c(F)c1O)C1CC1. The summed E-state index contributed by atoms with van der Waals surface area (Å²) < 4.78 is 13.5. The molecule has 1 aromatic rings. The highest BCUT2D eigenvalue weighted by atomic mass is 79.9. The van der Waals surface area contributed by atoms with Gasteiger partial charge in [0.2, 0.25) is 0 Å². The van der Waals surface area contributed by atoms with Crippen LogP contribution in [0.15, 0.2) is 16.6 Å². The first kappa shape index (κ1) is 9.93. The van der Waals surface area contributed by atoms with Gasteiger partial charge < -0.3 is 10.8 Å². The zero-order valence-corrected chi connectivity index (χ0v) is 9.09. The van der Waals surface area contributed by atoms with E-state index < -0.39 is 5.82 Å². The van der Waals surface area contributed by atoms with Crippen LogP contribution in [-0.4, -0.2) is 5.11 Å². The molecule has 3 N–H and O–H groups in total. The van der Waals surface area contributed by atoms with E-state index in [1.165, 1.54) is 0 Å². The van der Waals surface area contributed by atoms with Crippen LogP contribution in [0.4, 0.5) is 4.39 Å². The molecule has 0 spiro atoms. The van der Waals surface area contributed by atoms with Crippen molar-refractivity contribution in [2.75, 3.05) is 0 Å². The minimum absolute atomic E-state index is 0.238. The third kappa shape index (κ3) is 1.64. The van der Waals surface area contributed by atoms with Crippen molar-refractivity contribution in [3.05, 3.63) is 28.0 Å². The molecule has 76 valence electrons. The van der Waals surface area contributed by atoms with Gasteiger partial charge in [0, 0.05) is 11.6 Å². The second kappa shape index (κ2) is 3.51. The molecule has 1 saturated carbocycles. The number of nitrogens with two attached hydrogens (primary N) is 1. The van der Waals surface area contributed by atoms with Crippen LogP contribution in [-0.2, 0) is 0 Å². The predicted octanol–water partition coefficient (Wildman–Crippen LogP) is 2.70. The van der Waals surface area contributed by atoms with Gasteiger partial charge in [-0.1, -0.05) is 6.07 Å². The van der Waals surface area contributed by atoms with Gasteiger partial charge in [-0.25, -0.2) is 4.39 Å². The van der Waals surface area contributed by atoms with E-state index in [1.54, 1.807) is 12.1 Å². The molecule has 1 aliphatic rings. The quantitative estimate of drug-likeness (QED) is 0.858. The van der Waals surface area contributed by atoms with Crippen LogP contribution in [0.2, 0.25) is 0 Å². The van der Waals surface area contributed by atoms with E-state index in [2.05, 4.69) is 15.9 Å². The van der Waals surface area contributed by atoms with Crippen molar-refractivity contribution in [2.45, 2.75) is 18.9 Å².